The average molecular weight is 724 g/mol. The summed E-state index contributed by atoms with van der Waals surface area (Å²) in [6, 6.07) is 4.49. The van der Waals surface area contributed by atoms with Gasteiger partial charge in [0.05, 0.1) is 6.33 Å². The van der Waals surface area contributed by atoms with Crippen molar-refractivity contribution in [1.29, 1.82) is 0 Å². The van der Waals surface area contributed by atoms with Crippen LogP contribution in [-0.2, 0) is 41.6 Å². The van der Waals surface area contributed by atoms with Gasteiger partial charge >= 0.3 is 0 Å². The predicted molar refractivity (Wildman–Crippen MR) is 194 cm³/mol. The van der Waals surface area contributed by atoms with Crippen LogP contribution in [-0.4, -0.2) is 95.2 Å². The highest BCUT2D eigenvalue weighted by Crippen LogP contribution is 2.09. The van der Waals surface area contributed by atoms with E-state index >= 15 is 0 Å². The zero-order valence-corrected chi connectivity index (χ0v) is 29.7. The molecule has 0 radical (unpaired) electrons. The van der Waals surface area contributed by atoms with E-state index in [1.165, 1.54) is 12.5 Å². The van der Waals surface area contributed by atoms with Gasteiger partial charge in [-0.05, 0) is 37.7 Å². The molecule has 3 rings (SSSR count). The number of hydrogen-bond donors (Lipinski definition) is 9. The number of carbonyl (C=O) groups excluding carboxylic acids is 6. The smallest absolute Gasteiger partial charge is 0.245 e. The molecule has 1 aliphatic heterocycles. The number of guanidine groups is 1. The fraction of sp³-hybridized carbons (Fsp3) is 0.543. The largest absolute Gasteiger partial charge is 0.370 e. The Morgan fingerprint density at radius 3 is 2.27 bits per heavy atom. The number of carbonyl (C=O) groups is 6. The molecule has 1 saturated heterocycles. The van der Waals surface area contributed by atoms with Crippen molar-refractivity contribution in [2.24, 2.45) is 16.5 Å². The number of amides is 6. The van der Waals surface area contributed by atoms with Gasteiger partial charge in [-0.15, -0.1) is 0 Å². The number of aromatic nitrogens is 2. The maximum absolute atomic E-state index is 14.0. The van der Waals surface area contributed by atoms with Gasteiger partial charge in [0, 0.05) is 57.2 Å². The maximum Gasteiger partial charge on any atom is 0.245 e. The van der Waals surface area contributed by atoms with Gasteiger partial charge in [0.1, 0.15) is 24.2 Å². The van der Waals surface area contributed by atoms with Crippen molar-refractivity contribution in [3.63, 3.8) is 0 Å². The molecule has 6 amide bonds. The Bertz CT molecular complexity index is 1480. The Morgan fingerprint density at radius 2 is 1.58 bits per heavy atom. The van der Waals surface area contributed by atoms with E-state index in [1.807, 2.05) is 13.0 Å². The van der Waals surface area contributed by atoms with Gasteiger partial charge in [0.15, 0.2) is 5.96 Å². The van der Waals surface area contributed by atoms with Crippen LogP contribution >= 0.6 is 0 Å². The summed E-state index contributed by atoms with van der Waals surface area (Å²) >= 11 is 0. The second-order valence-electron chi connectivity index (χ2n) is 12.7. The van der Waals surface area contributed by atoms with Crippen molar-refractivity contribution >= 4 is 41.4 Å². The van der Waals surface area contributed by atoms with Crippen molar-refractivity contribution in [3.8, 4) is 0 Å². The van der Waals surface area contributed by atoms with Crippen molar-refractivity contribution in [3.05, 3.63) is 54.1 Å². The molecule has 0 saturated carbocycles. The summed E-state index contributed by atoms with van der Waals surface area (Å²) < 4.78 is 0. The molecule has 2 heterocycles. The summed E-state index contributed by atoms with van der Waals surface area (Å²) in [5, 5.41) is 16.5. The van der Waals surface area contributed by atoms with Gasteiger partial charge in [-0.25, -0.2) is 4.98 Å². The van der Waals surface area contributed by atoms with E-state index in [-0.39, 0.29) is 69.5 Å². The summed E-state index contributed by atoms with van der Waals surface area (Å²) in [6.45, 7) is 2.28. The third-order valence-electron chi connectivity index (χ3n) is 8.40. The minimum absolute atomic E-state index is 0.0312. The van der Waals surface area contributed by atoms with Crippen molar-refractivity contribution < 1.29 is 28.8 Å². The number of aromatic amines is 1. The normalized spacial score (nSPS) is 21.1. The molecule has 1 aromatic heterocycles. The van der Waals surface area contributed by atoms with Crippen LogP contribution in [0.3, 0.4) is 0 Å². The summed E-state index contributed by atoms with van der Waals surface area (Å²) in [5.41, 5.74) is 12.2. The molecule has 2 aromatic rings. The molecule has 52 heavy (non-hydrogen) atoms. The number of aliphatic imine (C=N–C) groups is 1. The zero-order valence-electron chi connectivity index (χ0n) is 29.7. The van der Waals surface area contributed by atoms with Gasteiger partial charge < -0.3 is 48.4 Å². The van der Waals surface area contributed by atoms with Crippen LogP contribution in [0.1, 0.15) is 76.0 Å². The van der Waals surface area contributed by atoms with E-state index in [0.717, 1.165) is 18.4 Å². The van der Waals surface area contributed by atoms with E-state index in [1.54, 1.807) is 24.3 Å². The summed E-state index contributed by atoms with van der Waals surface area (Å²) in [6.07, 6.45) is 7.13. The van der Waals surface area contributed by atoms with Crippen LogP contribution in [0.15, 0.2) is 47.8 Å². The minimum Gasteiger partial charge on any atom is -0.370 e. The fourth-order valence-electron chi connectivity index (χ4n) is 5.53. The number of nitrogens with zero attached hydrogens (tertiary/aromatic N) is 2. The van der Waals surface area contributed by atoms with Gasteiger partial charge in [0.25, 0.3) is 0 Å². The molecule has 11 N–H and O–H groups in total. The monoisotopic (exact) mass is 723 g/mol. The maximum atomic E-state index is 14.0. The lowest BCUT2D eigenvalue weighted by atomic mass is 10.0. The van der Waals surface area contributed by atoms with E-state index in [9.17, 15) is 28.8 Å². The van der Waals surface area contributed by atoms with Crippen molar-refractivity contribution in [1.82, 2.24) is 41.9 Å². The molecular weight excluding hydrogens is 670 g/mol. The third-order valence-corrected chi connectivity index (χ3v) is 8.40. The van der Waals surface area contributed by atoms with Crippen molar-refractivity contribution in [2.45, 2.75) is 102 Å². The first kappa shape index (κ1) is 40.9. The van der Waals surface area contributed by atoms with Gasteiger partial charge in [0.2, 0.25) is 35.4 Å². The highest BCUT2D eigenvalue weighted by atomic mass is 16.2. The SMILES string of the molecule is CCCCCC(=O)N[C@H]1CNC(=O)CCCCNC(=O)[C@H](CCCN=C(N)N)NC(=O)[C@@H](Cc2ccccc2)NC(=O)[C@H](Cc2cnc[nH]2)NC1=O. The first-order valence-electron chi connectivity index (χ1n) is 17.9. The van der Waals surface area contributed by atoms with Crippen LogP contribution in [0.25, 0.3) is 0 Å². The Balaban J connectivity index is 1.94. The molecule has 1 aromatic carbocycles. The van der Waals surface area contributed by atoms with E-state index in [2.05, 4.69) is 46.9 Å². The fourth-order valence-corrected chi connectivity index (χ4v) is 5.53. The Hall–Kier alpha value is -5.48. The first-order chi connectivity index (χ1) is 25.0. The molecule has 0 bridgehead atoms. The number of unbranched alkanes of at least 4 members (excludes halogenated alkanes) is 2. The first-order valence-corrected chi connectivity index (χ1v) is 17.9. The average Bonchev–Trinajstić information content (AvgIpc) is 3.63. The van der Waals surface area contributed by atoms with Crippen LogP contribution in [0, 0.1) is 0 Å². The number of nitrogens with one attached hydrogen (secondary N) is 7. The standard InChI is InChI=1S/C35H53N11O6/c1-2-3-5-15-30(48)43-28-21-41-29(47)14-8-9-16-39-31(49)25(13-10-17-40-35(36)37)44-32(50)26(18-23-11-6-4-7-12-23)45-33(51)27(46-34(28)52)19-24-20-38-22-42-24/h4,6-7,11-12,20,22,25-28H,2-3,5,8-10,13-19,21H2,1H3,(H,38,42)(H,39,49)(H,41,47)(H,43,48)(H,44,50)(H,45,51)(H,46,52)(H4,36,37,40)/t25-,26+,27-,28-/m0/s1. The highest BCUT2D eigenvalue weighted by Gasteiger charge is 2.32. The molecule has 0 unspecified atom stereocenters. The highest BCUT2D eigenvalue weighted by molar-refractivity contribution is 5.96. The summed E-state index contributed by atoms with van der Waals surface area (Å²) in [7, 11) is 0. The van der Waals surface area contributed by atoms with Gasteiger partial charge in [-0.1, -0.05) is 50.1 Å². The van der Waals surface area contributed by atoms with Crippen LogP contribution in [0.4, 0.5) is 0 Å². The van der Waals surface area contributed by atoms with E-state index in [0.29, 0.717) is 31.4 Å². The van der Waals surface area contributed by atoms with Gasteiger partial charge in [-0.2, -0.15) is 0 Å². The predicted octanol–water partition coefficient (Wildman–Crippen LogP) is -0.816. The van der Waals surface area contributed by atoms with Crippen LogP contribution < -0.4 is 43.4 Å². The number of benzene rings is 1. The third kappa shape index (κ3) is 15.2. The molecule has 1 aliphatic rings. The molecule has 284 valence electrons. The molecule has 0 spiro atoms. The van der Waals surface area contributed by atoms with E-state index < -0.39 is 47.8 Å². The Labute approximate surface area is 303 Å². The van der Waals surface area contributed by atoms with Gasteiger partial charge in [-0.3, -0.25) is 33.8 Å². The number of hydrogen-bond acceptors (Lipinski definition) is 8. The Morgan fingerprint density at radius 1 is 0.865 bits per heavy atom. The number of imidazole rings is 1. The molecule has 17 heteroatoms. The lowest BCUT2D eigenvalue weighted by Gasteiger charge is -2.26. The molecule has 1 fully saturated rings. The Kier molecular flexibility index (Phi) is 17.6. The minimum atomic E-state index is -1.23. The second-order valence-corrected chi connectivity index (χ2v) is 12.7. The molecule has 4 atom stereocenters. The van der Waals surface area contributed by atoms with Crippen LogP contribution in [0.5, 0.6) is 0 Å². The number of rotatable bonds is 13. The quantitative estimate of drug-likeness (QED) is 0.0709. The number of H-pyrrole nitrogens is 1. The molecule has 0 aliphatic carbocycles. The topological polar surface area (TPSA) is 268 Å². The van der Waals surface area contributed by atoms with Crippen LogP contribution in [0.2, 0.25) is 0 Å². The number of nitrogens with two attached hydrogens (primary N) is 2. The zero-order chi connectivity index (χ0) is 37.7. The molecular formula is C35H53N11O6. The second kappa shape index (κ2) is 22.4. The lowest BCUT2D eigenvalue weighted by molar-refractivity contribution is -0.134. The summed E-state index contributed by atoms with van der Waals surface area (Å²) in [4.78, 5) is 91.5. The summed E-state index contributed by atoms with van der Waals surface area (Å²) in [5.74, 6) is -3.24. The van der Waals surface area contributed by atoms with E-state index in [4.69, 9.17) is 11.5 Å². The molecule has 17 nitrogen and oxygen atoms in total. The van der Waals surface area contributed by atoms with Crippen molar-refractivity contribution in [2.75, 3.05) is 19.6 Å². The lowest BCUT2D eigenvalue weighted by Crippen LogP contribution is -2.60.